The van der Waals surface area contributed by atoms with Gasteiger partial charge in [0.1, 0.15) is 0 Å². The number of nitrogens with one attached hydrogen (secondary N) is 3. The monoisotopic (exact) mass is 387 g/mol. The van der Waals surface area contributed by atoms with Gasteiger partial charge in [-0.05, 0) is 64.8 Å². The van der Waals surface area contributed by atoms with Crippen LogP contribution in [0, 0.1) is 0 Å². The van der Waals surface area contributed by atoms with Crippen molar-refractivity contribution in [2.24, 2.45) is 4.99 Å². The maximum atomic E-state index is 12.1. The van der Waals surface area contributed by atoms with Crippen LogP contribution in [0.2, 0.25) is 0 Å². The number of benzene rings is 1. The highest BCUT2D eigenvalue weighted by molar-refractivity contribution is 5.86. The van der Waals surface area contributed by atoms with Crippen LogP contribution in [-0.2, 0) is 17.9 Å². The zero-order valence-corrected chi connectivity index (χ0v) is 18.0. The summed E-state index contributed by atoms with van der Waals surface area (Å²) in [5.74, 6) is 0.628. The predicted octanol–water partition coefficient (Wildman–Crippen LogP) is 2.64. The number of carbonyl (C=O) groups excluding carboxylic acids is 1. The van der Waals surface area contributed by atoms with E-state index in [4.69, 9.17) is 4.99 Å². The minimum atomic E-state index is -0.234. The van der Waals surface area contributed by atoms with Crippen molar-refractivity contribution in [3.63, 3.8) is 0 Å². The third-order valence-electron chi connectivity index (χ3n) is 4.64. The molecule has 0 atom stereocenters. The highest BCUT2D eigenvalue weighted by atomic mass is 16.2. The van der Waals surface area contributed by atoms with Crippen LogP contribution in [0.5, 0.6) is 0 Å². The molecular weight excluding hydrogens is 350 g/mol. The molecular formula is C22H37N5O. The van der Waals surface area contributed by atoms with E-state index in [0.717, 1.165) is 13.1 Å². The van der Waals surface area contributed by atoms with Gasteiger partial charge in [0.2, 0.25) is 5.91 Å². The van der Waals surface area contributed by atoms with Crippen molar-refractivity contribution in [3.05, 3.63) is 35.4 Å². The maximum Gasteiger partial charge on any atom is 0.239 e. The molecule has 28 heavy (non-hydrogen) atoms. The third kappa shape index (κ3) is 8.30. The van der Waals surface area contributed by atoms with Crippen molar-refractivity contribution in [2.75, 3.05) is 26.2 Å². The number of likely N-dealkylation sites (tertiary alicyclic amines) is 1. The number of piperidine rings is 1. The quantitative estimate of drug-likeness (QED) is 0.497. The Balaban J connectivity index is 1.97. The van der Waals surface area contributed by atoms with Gasteiger partial charge >= 0.3 is 0 Å². The standard InChI is InChI=1S/C22H37N5O/c1-5-23-21(25-16-20(28)26-22(2,3)4)24-15-18-11-7-8-12-19(18)17-27-13-9-6-10-14-27/h7-8,11-12H,5-6,9-10,13-17H2,1-4H3,(H,26,28)(H2,23,24,25). The van der Waals surface area contributed by atoms with Crippen LogP contribution in [-0.4, -0.2) is 48.5 Å². The maximum absolute atomic E-state index is 12.1. The molecule has 1 aromatic rings. The Labute approximate surface area is 170 Å². The molecule has 0 aromatic heterocycles. The van der Waals surface area contributed by atoms with Crippen molar-refractivity contribution in [1.82, 2.24) is 20.9 Å². The summed E-state index contributed by atoms with van der Waals surface area (Å²) in [6, 6.07) is 8.53. The van der Waals surface area contributed by atoms with Gasteiger partial charge < -0.3 is 16.0 Å². The van der Waals surface area contributed by atoms with E-state index in [9.17, 15) is 4.79 Å². The summed E-state index contributed by atoms with van der Waals surface area (Å²) >= 11 is 0. The number of hydrogen-bond acceptors (Lipinski definition) is 3. The Kier molecular flexibility index (Phi) is 8.77. The minimum Gasteiger partial charge on any atom is -0.357 e. The molecule has 2 rings (SSSR count). The average Bonchev–Trinajstić information content (AvgIpc) is 2.64. The molecule has 6 heteroatoms. The number of carbonyl (C=O) groups is 1. The second-order valence-electron chi connectivity index (χ2n) is 8.45. The van der Waals surface area contributed by atoms with E-state index in [1.54, 1.807) is 0 Å². The summed E-state index contributed by atoms with van der Waals surface area (Å²) in [5.41, 5.74) is 2.35. The second-order valence-corrected chi connectivity index (χ2v) is 8.45. The van der Waals surface area contributed by atoms with Gasteiger partial charge in [-0.25, -0.2) is 4.99 Å². The van der Waals surface area contributed by atoms with Crippen LogP contribution in [0.15, 0.2) is 29.3 Å². The highest BCUT2D eigenvalue weighted by Crippen LogP contribution is 2.16. The molecule has 0 bridgehead atoms. The molecule has 1 amide bonds. The Morgan fingerprint density at radius 3 is 2.39 bits per heavy atom. The van der Waals surface area contributed by atoms with Crippen LogP contribution < -0.4 is 16.0 Å². The lowest BCUT2D eigenvalue weighted by atomic mass is 10.1. The van der Waals surface area contributed by atoms with Gasteiger partial charge in [-0.15, -0.1) is 0 Å². The van der Waals surface area contributed by atoms with Crippen LogP contribution in [0.25, 0.3) is 0 Å². The van der Waals surface area contributed by atoms with Gasteiger partial charge in [0.25, 0.3) is 0 Å². The van der Waals surface area contributed by atoms with Gasteiger partial charge in [0, 0.05) is 18.6 Å². The molecule has 0 unspecified atom stereocenters. The topological polar surface area (TPSA) is 68.8 Å². The molecule has 0 saturated carbocycles. The molecule has 1 fully saturated rings. The SMILES string of the molecule is CCNC(=NCc1ccccc1CN1CCCCC1)NCC(=O)NC(C)(C)C. The van der Waals surface area contributed by atoms with Gasteiger partial charge in [-0.2, -0.15) is 0 Å². The van der Waals surface area contributed by atoms with Gasteiger partial charge in [0.05, 0.1) is 13.1 Å². The van der Waals surface area contributed by atoms with Crippen molar-refractivity contribution in [1.29, 1.82) is 0 Å². The van der Waals surface area contributed by atoms with E-state index in [1.807, 2.05) is 27.7 Å². The first-order valence-corrected chi connectivity index (χ1v) is 10.5. The predicted molar refractivity (Wildman–Crippen MR) is 116 cm³/mol. The fourth-order valence-corrected chi connectivity index (χ4v) is 3.36. The Morgan fingerprint density at radius 2 is 1.75 bits per heavy atom. The Hall–Kier alpha value is -2.08. The molecule has 6 nitrogen and oxygen atoms in total. The van der Waals surface area contributed by atoms with Crippen molar-refractivity contribution >= 4 is 11.9 Å². The van der Waals surface area contributed by atoms with Gasteiger partial charge in [-0.1, -0.05) is 30.7 Å². The number of aliphatic imine (C=N–C) groups is 1. The first kappa shape index (κ1) is 22.2. The lowest BCUT2D eigenvalue weighted by molar-refractivity contribution is -0.121. The van der Waals surface area contributed by atoms with E-state index >= 15 is 0 Å². The highest BCUT2D eigenvalue weighted by Gasteiger charge is 2.14. The number of rotatable bonds is 7. The largest absolute Gasteiger partial charge is 0.357 e. The first-order chi connectivity index (χ1) is 13.4. The summed E-state index contributed by atoms with van der Waals surface area (Å²) in [7, 11) is 0. The molecule has 1 aliphatic heterocycles. The number of guanidine groups is 1. The van der Waals surface area contributed by atoms with Gasteiger partial charge in [0.15, 0.2) is 5.96 Å². The molecule has 3 N–H and O–H groups in total. The van der Waals surface area contributed by atoms with Crippen LogP contribution in [0.1, 0.15) is 58.1 Å². The summed E-state index contributed by atoms with van der Waals surface area (Å²) in [4.78, 5) is 19.3. The molecule has 156 valence electrons. The van der Waals surface area contributed by atoms with Crippen LogP contribution in [0.4, 0.5) is 0 Å². The van der Waals surface area contributed by atoms with Gasteiger partial charge in [-0.3, -0.25) is 9.69 Å². The summed E-state index contributed by atoms with van der Waals surface area (Å²) < 4.78 is 0. The molecule has 1 aromatic carbocycles. The van der Waals surface area contributed by atoms with E-state index in [1.165, 1.54) is 43.5 Å². The third-order valence-corrected chi connectivity index (χ3v) is 4.64. The summed E-state index contributed by atoms with van der Waals surface area (Å²) in [5, 5.41) is 9.31. The first-order valence-electron chi connectivity index (χ1n) is 10.5. The molecule has 0 radical (unpaired) electrons. The zero-order chi connectivity index (χ0) is 20.4. The van der Waals surface area contributed by atoms with E-state index < -0.39 is 0 Å². The minimum absolute atomic E-state index is 0.0383. The van der Waals surface area contributed by atoms with E-state index in [-0.39, 0.29) is 18.0 Å². The van der Waals surface area contributed by atoms with Crippen LogP contribution >= 0.6 is 0 Å². The molecule has 1 aliphatic rings. The summed E-state index contributed by atoms with van der Waals surface area (Å²) in [6.07, 6.45) is 3.94. The Bertz CT molecular complexity index is 645. The van der Waals surface area contributed by atoms with Crippen LogP contribution in [0.3, 0.4) is 0 Å². The number of hydrogen-bond donors (Lipinski definition) is 3. The normalized spacial score (nSPS) is 15.9. The summed E-state index contributed by atoms with van der Waals surface area (Å²) in [6.45, 7) is 12.9. The lowest BCUT2D eigenvalue weighted by Gasteiger charge is -2.27. The molecule has 0 aliphatic carbocycles. The fraction of sp³-hybridized carbons (Fsp3) is 0.636. The number of nitrogens with zero attached hydrogens (tertiary/aromatic N) is 2. The van der Waals surface area contributed by atoms with Crippen molar-refractivity contribution in [3.8, 4) is 0 Å². The fourth-order valence-electron chi connectivity index (χ4n) is 3.36. The Morgan fingerprint density at radius 1 is 1.07 bits per heavy atom. The average molecular weight is 388 g/mol. The lowest BCUT2D eigenvalue weighted by Crippen LogP contribution is -2.48. The molecule has 1 saturated heterocycles. The van der Waals surface area contributed by atoms with E-state index in [2.05, 4.69) is 45.1 Å². The second kappa shape index (κ2) is 11.1. The zero-order valence-electron chi connectivity index (χ0n) is 18.0. The number of amides is 1. The smallest absolute Gasteiger partial charge is 0.239 e. The van der Waals surface area contributed by atoms with Crippen molar-refractivity contribution in [2.45, 2.75) is 65.6 Å². The molecule has 1 heterocycles. The van der Waals surface area contributed by atoms with E-state index in [0.29, 0.717) is 12.5 Å². The molecule has 0 spiro atoms. The van der Waals surface area contributed by atoms with Crippen molar-refractivity contribution < 1.29 is 4.79 Å².